The highest BCUT2D eigenvalue weighted by molar-refractivity contribution is 5.43. The maximum Gasteiger partial charge on any atom is 0.129 e. The molecule has 1 N–H and O–H groups in total. The Labute approximate surface area is 122 Å². The van der Waals surface area contributed by atoms with E-state index in [1.165, 1.54) is 55.6 Å². The van der Waals surface area contributed by atoms with E-state index in [9.17, 15) is 0 Å². The summed E-state index contributed by atoms with van der Waals surface area (Å²) in [5.41, 5.74) is 2.65. The summed E-state index contributed by atoms with van der Waals surface area (Å²) in [5, 5.41) is 3.62. The molecule has 2 fully saturated rings. The number of hydrogen-bond acceptors (Lipinski definition) is 3. The van der Waals surface area contributed by atoms with Crippen LogP contribution >= 0.6 is 0 Å². The van der Waals surface area contributed by atoms with Crippen LogP contribution in [-0.2, 0) is 13.0 Å². The molecule has 0 aromatic carbocycles. The fourth-order valence-electron chi connectivity index (χ4n) is 2.81. The lowest BCUT2D eigenvalue weighted by molar-refractivity contribution is 0.399. The molecule has 2 saturated carbocycles. The molecule has 2 aliphatic rings. The largest absolute Gasteiger partial charge is 0.357 e. The third kappa shape index (κ3) is 3.32. The van der Waals surface area contributed by atoms with Gasteiger partial charge in [-0.2, -0.15) is 0 Å². The minimum atomic E-state index is 0.712. The van der Waals surface area contributed by atoms with E-state index >= 15 is 0 Å². The van der Waals surface area contributed by atoms with Crippen molar-refractivity contribution in [1.29, 1.82) is 0 Å². The van der Waals surface area contributed by atoms with Gasteiger partial charge in [0, 0.05) is 31.4 Å². The van der Waals surface area contributed by atoms with Crippen LogP contribution < -0.4 is 10.2 Å². The van der Waals surface area contributed by atoms with Gasteiger partial charge < -0.3 is 10.2 Å². The first-order valence-electron chi connectivity index (χ1n) is 8.22. The molecule has 0 amide bonds. The van der Waals surface area contributed by atoms with Crippen molar-refractivity contribution in [2.75, 3.05) is 11.9 Å². The summed E-state index contributed by atoms with van der Waals surface area (Å²) in [7, 11) is 2.21. The van der Waals surface area contributed by atoms with Gasteiger partial charge >= 0.3 is 0 Å². The van der Waals surface area contributed by atoms with Crippen LogP contribution in [0.2, 0.25) is 0 Å². The smallest absolute Gasteiger partial charge is 0.129 e. The maximum atomic E-state index is 4.87. The molecule has 0 atom stereocenters. The lowest BCUT2D eigenvalue weighted by Crippen LogP contribution is -2.37. The quantitative estimate of drug-likeness (QED) is 0.826. The van der Waals surface area contributed by atoms with Gasteiger partial charge in [-0.05, 0) is 56.2 Å². The van der Waals surface area contributed by atoms with Crippen LogP contribution in [-0.4, -0.2) is 24.1 Å². The van der Waals surface area contributed by atoms with Crippen molar-refractivity contribution in [2.24, 2.45) is 0 Å². The van der Waals surface area contributed by atoms with Crippen LogP contribution in [0.15, 0.2) is 12.1 Å². The highest BCUT2D eigenvalue weighted by atomic mass is 15.2. The van der Waals surface area contributed by atoms with Gasteiger partial charge in [-0.1, -0.05) is 13.3 Å². The van der Waals surface area contributed by atoms with E-state index in [2.05, 4.69) is 36.3 Å². The summed E-state index contributed by atoms with van der Waals surface area (Å²) < 4.78 is 0. The number of nitrogens with zero attached hydrogens (tertiary/aromatic N) is 2. The monoisotopic (exact) mass is 273 g/mol. The zero-order valence-corrected chi connectivity index (χ0v) is 12.9. The number of rotatable bonds is 7. The second kappa shape index (κ2) is 6.13. The molecular formula is C17H27N3. The first-order valence-corrected chi connectivity index (χ1v) is 8.22. The molecule has 1 aromatic heterocycles. The molecule has 20 heavy (non-hydrogen) atoms. The Bertz CT molecular complexity index is 450. The van der Waals surface area contributed by atoms with E-state index in [0.29, 0.717) is 6.04 Å². The first-order chi connectivity index (χ1) is 9.76. The predicted octanol–water partition coefficient (Wildman–Crippen LogP) is 3.27. The summed E-state index contributed by atoms with van der Waals surface area (Å²) in [6.45, 7) is 3.22. The fourth-order valence-corrected chi connectivity index (χ4v) is 2.81. The lowest BCUT2D eigenvalue weighted by Gasteiger charge is -2.36. The van der Waals surface area contributed by atoms with Gasteiger partial charge in [0.15, 0.2) is 0 Å². The van der Waals surface area contributed by atoms with Crippen molar-refractivity contribution < 1.29 is 0 Å². The predicted molar refractivity (Wildman–Crippen MR) is 84.1 cm³/mol. The Balaban J connectivity index is 1.74. The third-order valence-electron chi connectivity index (χ3n) is 4.59. The van der Waals surface area contributed by atoms with Gasteiger partial charge in [0.05, 0.1) is 0 Å². The molecule has 0 spiro atoms. The SMILES string of the molecule is CCCc1cc(CNC2CC2)cc(N(C)C2CCC2)n1. The van der Waals surface area contributed by atoms with Crippen molar-refractivity contribution in [2.45, 2.75) is 70.5 Å². The van der Waals surface area contributed by atoms with E-state index in [0.717, 1.165) is 19.0 Å². The highest BCUT2D eigenvalue weighted by Crippen LogP contribution is 2.28. The normalized spacial score (nSPS) is 18.9. The Morgan fingerprint density at radius 3 is 2.65 bits per heavy atom. The van der Waals surface area contributed by atoms with Crippen LogP contribution in [0.5, 0.6) is 0 Å². The van der Waals surface area contributed by atoms with Crippen molar-refractivity contribution in [3.05, 3.63) is 23.4 Å². The molecule has 3 heteroatoms. The summed E-state index contributed by atoms with van der Waals surface area (Å²) in [6, 6.07) is 6.05. The molecule has 110 valence electrons. The van der Waals surface area contributed by atoms with E-state index < -0.39 is 0 Å². The van der Waals surface area contributed by atoms with Gasteiger partial charge in [-0.3, -0.25) is 0 Å². The van der Waals surface area contributed by atoms with Crippen molar-refractivity contribution in [3.63, 3.8) is 0 Å². The standard InChI is InChI=1S/C17H27N3/c1-3-5-15-10-13(12-18-14-8-9-14)11-17(19-15)20(2)16-6-4-7-16/h10-11,14,16,18H,3-9,12H2,1-2H3. The summed E-state index contributed by atoms with van der Waals surface area (Å²) in [6.07, 6.45) is 8.97. The fraction of sp³-hybridized carbons (Fsp3) is 0.706. The number of hydrogen-bond donors (Lipinski definition) is 1. The number of pyridine rings is 1. The minimum absolute atomic E-state index is 0.712. The molecule has 2 aliphatic carbocycles. The molecule has 1 aromatic rings. The molecular weight excluding hydrogens is 246 g/mol. The number of anilines is 1. The molecule has 3 rings (SSSR count). The summed E-state index contributed by atoms with van der Waals surface area (Å²) in [5.74, 6) is 1.17. The third-order valence-corrected chi connectivity index (χ3v) is 4.59. The van der Waals surface area contributed by atoms with Gasteiger partial charge in [-0.15, -0.1) is 0 Å². The van der Waals surface area contributed by atoms with Crippen molar-refractivity contribution in [1.82, 2.24) is 10.3 Å². The first kappa shape index (κ1) is 13.9. The van der Waals surface area contributed by atoms with Crippen LogP contribution in [0.1, 0.15) is 56.7 Å². The molecule has 1 heterocycles. The molecule has 0 radical (unpaired) electrons. The van der Waals surface area contributed by atoms with E-state index in [1.807, 2.05) is 0 Å². The number of aromatic nitrogens is 1. The minimum Gasteiger partial charge on any atom is -0.357 e. The Hall–Kier alpha value is -1.09. The maximum absolute atomic E-state index is 4.87. The molecule has 3 nitrogen and oxygen atoms in total. The molecule has 0 saturated heterocycles. The number of aryl methyl sites for hydroxylation is 1. The lowest BCUT2D eigenvalue weighted by atomic mass is 9.92. The van der Waals surface area contributed by atoms with E-state index in [4.69, 9.17) is 4.98 Å². The summed E-state index contributed by atoms with van der Waals surface area (Å²) in [4.78, 5) is 7.26. The highest BCUT2D eigenvalue weighted by Gasteiger charge is 2.24. The Morgan fingerprint density at radius 2 is 2.05 bits per heavy atom. The van der Waals surface area contributed by atoms with Crippen LogP contribution in [0.3, 0.4) is 0 Å². The van der Waals surface area contributed by atoms with Crippen molar-refractivity contribution in [3.8, 4) is 0 Å². The van der Waals surface area contributed by atoms with Crippen LogP contribution in [0.4, 0.5) is 5.82 Å². The average molecular weight is 273 g/mol. The van der Waals surface area contributed by atoms with Gasteiger partial charge in [-0.25, -0.2) is 4.98 Å². The second-order valence-electron chi connectivity index (χ2n) is 6.43. The Kier molecular flexibility index (Phi) is 4.25. The zero-order chi connectivity index (χ0) is 13.9. The average Bonchev–Trinajstić information content (AvgIpc) is 3.18. The van der Waals surface area contributed by atoms with Crippen LogP contribution in [0.25, 0.3) is 0 Å². The second-order valence-corrected chi connectivity index (χ2v) is 6.43. The Morgan fingerprint density at radius 1 is 1.25 bits per heavy atom. The van der Waals surface area contributed by atoms with Crippen LogP contribution in [0, 0.1) is 0 Å². The van der Waals surface area contributed by atoms with Crippen molar-refractivity contribution >= 4 is 5.82 Å². The van der Waals surface area contributed by atoms with Gasteiger partial charge in [0.1, 0.15) is 5.82 Å². The van der Waals surface area contributed by atoms with Gasteiger partial charge in [0.2, 0.25) is 0 Å². The molecule has 0 aliphatic heterocycles. The summed E-state index contributed by atoms with van der Waals surface area (Å²) >= 11 is 0. The van der Waals surface area contributed by atoms with Gasteiger partial charge in [0.25, 0.3) is 0 Å². The molecule has 0 bridgehead atoms. The van der Waals surface area contributed by atoms with E-state index in [-0.39, 0.29) is 0 Å². The molecule has 0 unspecified atom stereocenters. The topological polar surface area (TPSA) is 28.2 Å². The zero-order valence-electron chi connectivity index (χ0n) is 12.9. The number of nitrogens with one attached hydrogen (secondary N) is 1. The van der Waals surface area contributed by atoms with E-state index in [1.54, 1.807) is 0 Å².